The zero-order valence-corrected chi connectivity index (χ0v) is 11.5. The van der Waals surface area contributed by atoms with Crippen molar-refractivity contribution in [3.8, 4) is 12.1 Å². The lowest BCUT2D eigenvalue weighted by Crippen LogP contribution is -2.37. The van der Waals surface area contributed by atoms with Gasteiger partial charge in [-0.25, -0.2) is 4.98 Å². The van der Waals surface area contributed by atoms with Gasteiger partial charge in [-0.3, -0.25) is 9.59 Å². The van der Waals surface area contributed by atoms with E-state index < -0.39 is 17.2 Å². The van der Waals surface area contributed by atoms with Crippen LogP contribution in [0.2, 0.25) is 0 Å². The van der Waals surface area contributed by atoms with E-state index in [1.807, 2.05) is 6.07 Å². The standard InChI is InChI=1S/C13H14N4O3/c1-4-20-12(19)13(2,3)11(18)7-17-8-16-9(5-14)10(17)6-15/h8H,4,7H2,1-3H3. The van der Waals surface area contributed by atoms with Gasteiger partial charge in [-0.15, -0.1) is 0 Å². The van der Waals surface area contributed by atoms with Gasteiger partial charge < -0.3 is 9.30 Å². The summed E-state index contributed by atoms with van der Waals surface area (Å²) >= 11 is 0. The molecule has 1 rings (SSSR count). The molecular weight excluding hydrogens is 260 g/mol. The highest BCUT2D eigenvalue weighted by atomic mass is 16.5. The summed E-state index contributed by atoms with van der Waals surface area (Å²) in [5.74, 6) is -1.04. The van der Waals surface area contributed by atoms with Crippen LogP contribution in [0.1, 0.15) is 32.2 Å². The molecule has 0 unspecified atom stereocenters. The van der Waals surface area contributed by atoms with E-state index in [4.69, 9.17) is 15.3 Å². The number of aromatic nitrogens is 2. The van der Waals surface area contributed by atoms with Crippen molar-refractivity contribution in [2.24, 2.45) is 5.41 Å². The molecule has 0 spiro atoms. The Balaban J connectivity index is 2.98. The number of hydrogen-bond acceptors (Lipinski definition) is 6. The predicted molar refractivity (Wildman–Crippen MR) is 67.1 cm³/mol. The van der Waals surface area contributed by atoms with Gasteiger partial charge in [0.25, 0.3) is 0 Å². The number of ether oxygens (including phenoxy) is 1. The van der Waals surface area contributed by atoms with Crippen LogP contribution in [0.5, 0.6) is 0 Å². The van der Waals surface area contributed by atoms with Crippen molar-refractivity contribution in [1.82, 2.24) is 9.55 Å². The molecule has 7 heteroatoms. The Morgan fingerprint density at radius 1 is 1.40 bits per heavy atom. The normalized spacial score (nSPS) is 10.4. The Kier molecular flexibility index (Phi) is 4.60. The third-order valence-corrected chi connectivity index (χ3v) is 2.85. The molecule has 0 saturated heterocycles. The fourth-order valence-electron chi connectivity index (χ4n) is 1.48. The van der Waals surface area contributed by atoms with Crippen molar-refractivity contribution in [3.05, 3.63) is 17.7 Å². The van der Waals surface area contributed by atoms with Crippen LogP contribution in [-0.2, 0) is 20.9 Å². The molecule has 0 aliphatic rings. The molecule has 0 saturated carbocycles. The van der Waals surface area contributed by atoms with Crippen molar-refractivity contribution in [2.75, 3.05) is 6.61 Å². The number of nitrogens with zero attached hydrogens (tertiary/aromatic N) is 4. The molecule has 0 fully saturated rings. The zero-order chi connectivity index (χ0) is 15.3. The van der Waals surface area contributed by atoms with Gasteiger partial charge in [0.2, 0.25) is 0 Å². The van der Waals surface area contributed by atoms with Gasteiger partial charge in [-0.2, -0.15) is 10.5 Å². The molecule has 0 atom stereocenters. The minimum Gasteiger partial charge on any atom is -0.465 e. The number of nitriles is 2. The highest BCUT2D eigenvalue weighted by molar-refractivity contribution is 6.02. The van der Waals surface area contributed by atoms with E-state index >= 15 is 0 Å². The molecule has 0 radical (unpaired) electrons. The fourth-order valence-corrected chi connectivity index (χ4v) is 1.48. The van der Waals surface area contributed by atoms with Crippen LogP contribution < -0.4 is 0 Å². The number of Topliss-reactive ketones (excluding diaryl/α,β-unsaturated/α-hetero) is 1. The molecule has 0 N–H and O–H groups in total. The second-order valence-electron chi connectivity index (χ2n) is 4.56. The van der Waals surface area contributed by atoms with E-state index in [0.29, 0.717) is 0 Å². The van der Waals surface area contributed by atoms with Crippen LogP contribution in [-0.4, -0.2) is 27.9 Å². The Bertz CT molecular complexity index is 617. The summed E-state index contributed by atoms with van der Waals surface area (Å²) in [6, 6.07) is 3.58. The smallest absolute Gasteiger partial charge is 0.319 e. The van der Waals surface area contributed by atoms with Crippen molar-refractivity contribution in [3.63, 3.8) is 0 Å². The zero-order valence-electron chi connectivity index (χ0n) is 11.5. The first kappa shape index (κ1) is 15.4. The quantitative estimate of drug-likeness (QED) is 0.580. The van der Waals surface area contributed by atoms with E-state index in [0.717, 1.165) is 0 Å². The summed E-state index contributed by atoms with van der Waals surface area (Å²) in [6.45, 7) is 4.54. The molecule has 0 bridgehead atoms. The molecule has 20 heavy (non-hydrogen) atoms. The van der Waals surface area contributed by atoms with Crippen molar-refractivity contribution >= 4 is 11.8 Å². The Morgan fingerprint density at radius 3 is 2.55 bits per heavy atom. The van der Waals surface area contributed by atoms with Crippen LogP contribution in [0.15, 0.2) is 6.33 Å². The molecule has 0 aromatic carbocycles. The number of rotatable bonds is 5. The third-order valence-electron chi connectivity index (χ3n) is 2.85. The van der Waals surface area contributed by atoms with Crippen LogP contribution >= 0.6 is 0 Å². The summed E-state index contributed by atoms with van der Waals surface area (Å²) in [5.41, 5.74) is -1.37. The van der Waals surface area contributed by atoms with Crippen molar-refractivity contribution < 1.29 is 14.3 Å². The molecule has 104 valence electrons. The highest BCUT2D eigenvalue weighted by Gasteiger charge is 2.37. The lowest BCUT2D eigenvalue weighted by molar-refractivity contribution is -0.158. The summed E-state index contributed by atoms with van der Waals surface area (Å²) in [7, 11) is 0. The second-order valence-corrected chi connectivity index (χ2v) is 4.56. The molecule has 1 aromatic heterocycles. The van der Waals surface area contributed by atoms with Gasteiger partial charge in [0, 0.05) is 0 Å². The molecule has 1 aromatic rings. The summed E-state index contributed by atoms with van der Waals surface area (Å²) in [6.07, 6.45) is 1.23. The molecule has 0 aliphatic heterocycles. The van der Waals surface area contributed by atoms with E-state index in [-0.39, 0.29) is 24.5 Å². The molecule has 0 amide bonds. The monoisotopic (exact) mass is 274 g/mol. The minimum atomic E-state index is -1.32. The van der Waals surface area contributed by atoms with Crippen LogP contribution in [0.25, 0.3) is 0 Å². The summed E-state index contributed by atoms with van der Waals surface area (Å²) in [4.78, 5) is 27.6. The minimum absolute atomic E-state index is 0.000471. The Morgan fingerprint density at radius 2 is 2.05 bits per heavy atom. The topological polar surface area (TPSA) is 109 Å². The maximum Gasteiger partial charge on any atom is 0.319 e. The molecule has 0 aliphatic carbocycles. The SMILES string of the molecule is CCOC(=O)C(C)(C)C(=O)Cn1cnc(C#N)c1C#N. The third kappa shape index (κ3) is 2.83. The first-order valence-corrected chi connectivity index (χ1v) is 5.94. The first-order valence-electron chi connectivity index (χ1n) is 5.94. The van der Waals surface area contributed by atoms with Gasteiger partial charge in [-0.1, -0.05) is 0 Å². The predicted octanol–water partition coefficient (Wildman–Crippen LogP) is 0.785. The van der Waals surface area contributed by atoms with E-state index in [1.165, 1.54) is 24.7 Å². The van der Waals surface area contributed by atoms with E-state index in [9.17, 15) is 9.59 Å². The maximum absolute atomic E-state index is 12.2. The second kappa shape index (κ2) is 5.98. The lowest BCUT2D eigenvalue weighted by Gasteiger charge is -2.20. The van der Waals surface area contributed by atoms with Gasteiger partial charge >= 0.3 is 5.97 Å². The number of imidazole rings is 1. The lowest BCUT2D eigenvalue weighted by atomic mass is 9.88. The van der Waals surface area contributed by atoms with Gasteiger partial charge in [0.1, 0.15) is 17.6 Å². The molecule has 7 nitrogen and oxygen atoms in total. The number of carbonyl (C=O) groups excluding carboxylic acids is 2. The number of hydrogen-bond donors (Lipinski definition) is 0. The first-order chi connectivity index (χ1) is 9.38. The maximum atomic E-state index is 12.2. The fraction of sp³-hybridized carbons (Fsp3) is 0.462. The average Bonchev–Trinajstić information content (AvgIpc) is 2.80. The van der Waals surface area contributed by atoms with Gasteiger partial charge in [-0.05, 0) is 20.8 Å². The molecule has 1 heterocycles. The number of ketones is 1. The largest absolute Gasteiger partial charge is 0.465 e. The van der Waals surface area contributed by atoms with Gasteiger partial charge in [0.05, 0.1) is 19.5 Å². The van der Waals surface area contributed by atoms with Gasteiger partial charge in [0.15, 0.2) is 17.2 Å². The van der Waals surface area contributed by atoms with Crippen molar-refractivity contribution in [1.29, 1.82) is 10.5 Å². The Hall–Kier alpha value is -2.67. The van der Waals surface area contributed by atoms with Crippen LogP contribution in [0.4, 0.5) is 0 Å². The summed E-state index contributed by atoms with van der Waals surface area (Å²) < 4.78 is 6.10. The average molecular weight is 274 g/mol. The summed E-state index contributed by atoms with van der Waals surface area (Å²) in [5, 5.41) is 17.7. The Labute approximate surface area is 116 Å². The van der Waals surface area contributed by atoms with E-state index in [2.05, 4.69) is 4.98 Å². The van der Waals surface area contributed by atoms with E-state index in [1.54, 1.807) is 13.0 Å². The molecular formula is C13H14N4O3. The van der Waals surface area contributed by atoms with Crippen LogP contribution in [0, 0.1) is 28.1 Å². The number of esters is 1. The highest BCUT2D eigenvalue weighted by Crippen LogP contribution is 2.20. The van der Waals surface area contributed by atoms with Crippen LogP contribution in [0.3, 0.4) is 0 Å². The van der Waals surface area contributed by atoms with Crippen molar-refractivity contribution in [2.45, 2.75) is 27.3 Å². The number of carbonyl (C=O) groups is 2.